The van der Waals surface area contributed by atoms with E-state index < -0.39 is 0 Å². The maximum Gasteiger partial charge on any atom is 0.225 e. The molecule has 4 nitrogen and oxygen atoms in total. The quantitative estimate of drug-likeness (QED) is 0.761. The molecule has 0 aliphatic carbocycles. The normalized spacial score (nSPS) is 21.9. The van der Waals surface area contributed by atoms with E-state index in [1.165, 1.54) is 12.8 Å². The van der Waals surface area contributed by atoms with Gasteiger partial charge in [-0.2, -0.15) is 0 Å². The van der Waals surface area contributed by atoms with Crippen molar-refractivity contribution in [2.45, 2.75) is 39.3 Å². The van der Waals surface area contributed by atoms with Crippen LogP contribution in [0.25, 0.3) is 0 Å². The van der Waals surface area contributed by atoms with Gasteiger partial charge in [0.15, 0.2) is 4.77 Å². The van der Waals surface area contributed by atoms with Gasteiger partial charge >= 0.3 is 0 Å². The summed E-state index contributed by atoms with van der Waals surface area (Å²) in [5, 5.41) is 7.15. The third-order valence-corrected chi connectivity index (χ3v) is 3.18. The highest BCUT2D eigenvalue weighted by molar-refractivity contribution is 7.71. The Morgan fingerprint density at radius 1 is 1.64 bits per heavy atom. The highest BCUT2D eigenvalue weighted by atomic mass is 32.1. The zero-order valence-corrected chi connectivity index (χ0v) is 9.47. The molecule has 5 heteroatoms. The van der Waals surface area contributed by atoms with Crippen LogP contribution in [-0.4, -0.2) is 27.4 Å². The second-order valence-electron chi connectivity index (χ2n) is 3.76. The summed E-state index contributed by atoms with van der Waals surface area (Å²) in [6.07, 6.45) is 2.51. The zero-order valence-electron chi connectivity index (χ0n) is 8.66. The molecular formula is C9H16N4S. The van der Waals surface area contributed by atoms with Gasteiger partial charge in [-0.15, -0.1) is 5.10 Å². The molecule has 2 rings (SSSR count). The van der Waals surface area contributed by atoms with Gasteiger partial charge in [-0.3, -0.25) is 4.57 Å². The SMILES string of the molecule is CCn1c(N2CCCC2C)n[nH]c1=S. The van der Waals surface area contributed by atoms with E-state index >= 15 is 0 Å². The Balaban J connectivity index is 2.35. The summed E-state index contributed by atoms with van der Waals surface area (Å²) in [4.78, 5) is 2.33. The number of aromatic nitrogens is 3. The fourth-order valence-corrected chi connectivity index (χ4v) is 2.30. The van der Waals surface area contributed by atoms with E-state index in [1.54, 1.807) is 0 Å². The minimum absolute atomic E-state index is 0.588. The smallest absolute Gasteiger partial charge is 0.225 e. The predicted molar refractivity (Wildman–Crippen MR) is 59.1 cm³/mol. The average molecular weight is 212 g/mol. The highest BCUT2D eigenvalue weighted by Gasteiger charge is 2.24. The zero-order chi connectivity index (χ0) is 10.1. The molecular weight excluding hydrogens is 196 g/mol. The van der Waals surface area contributed by atoms with Gasteiger partial charge in [0.2, 0.25) is 5.95 Å². The molecule has 0 bridgehead atoms. The minimum atomic E-state index is 0.588. The Labute approximate surface area is 88.9 Å². The molecule has 1 aromatic heterocycles. The van der Waals surface area contributed by atoms with E-state index in [4.69, 9.17) is 12.2 Å². The van der Waals surface area contributed by atoms with E-state index in [0.717, 1.165) is 23.8 Å². The van der Waals surface area contributed by atoms with Crippen molar-refractivity contribution in [2.24, 2.45) is 0 Å². The van der Waals surface area contributed by atoms with Gasteiger partial charge in [0.05, 0.1) is 0 Å². The number of nitrogens with zero attached hydrogens (tertiary/aromatic N) is 3. The molecule has 14 heavy (non-hydrogen) atoms. The van der Waals surface area contributed by atoms with Crippen molar-refractivity contribution in [3.8, 4) is 0 Å². The van der Waals surface area contributed by atoms with Gasteiger partial charge in [-0.05, 0) is 38.9 Å². The number of nitrogens with one attached hydrogen (secondary N) is 1. The van der Waals surface area contributed by atoms with E-state index in [9.17, 15) is 0 Å². The molecule has 1 atom stereocenters. The fourth-order valence-electron chi connectivity index (χ4n) is 2.04. The molecule has 2 heterocycles. The molecule has 1 aliphatic heterocycles. The molecule has 1 N–H and O–H groups in total. The minimum Gasteiger partial charge on any atom is -0.338 e. The Morgan fingerprint density at radius 2 is 2.43 bits per heavy atom. The number of rotatable bonds is 2. The number of H-pyrrole nitrogens is 1. The Hall–Kier alpha value is -0.840. The summed E-state index contributed by atoms with van der Waals surface area (Å²) in [5.41, 5.74) is 0. The van der Waals surface area contributed by atoms with Crippen LogP contribution in [0.4, 0.5) is 5.95 Å². The van der Waals surface area contributed by atoms with Crippen LogP contribution in [0.1, 0.15) is 26.7 Å². The molecule has 0 aromatic carbocycles. The molecule has 0 spiro atoms. The van der Waals surface area contributed by atoms with Crippen LogP contribution in [0.2, 0.25) is 0 Å². The lowest BCUT2D eigenvalue weighted by Gasteiger charge is -2.22. The lowest BCUT2D eigenvalue weighted by Crippen LogP contribution is -2.29. The van der Waals surface area contributed by atoms with E-state index in [-0.39, 0.29) is 0 Å². The second-order valence-corrected chi connectivity index (χ2v) is 4.14. The Morgan fingerprint density at radius 3 is 3.00 bits per heavy atom. The maximum atomic E-state index is 5.16. The van der Waals surface area contributed by atoms with Crippen molar-refractivity contribution in [3.63, 3.8) is 0 Å². The van der Waals surface area contributed by atoms with Gasteiger partial charge in [-0.1, -0.05) is 0 Å². The first-order chi connectivity index (χ1) is 6.74. The van der Waals surface area contributed by atoms with Crippen LogP contribution < -0.4 is 4.90 Å². The maximum absolute atomic E-state index is 5.16. The Bertz CT molecular complexity index is 367. The van der Waals surface area contributed by atoms with Crippen molar-refractivity contribution in [2.75, 3.05) is 11.4 Å². The van der Waals surface area contributed by atoms with Crippen molar-refractivity contribution < 1.29 is 0 Å². The standard InChI is InChI=1S/C9H16N4S/c1-3-12-8(10-11-9(12)14)13-6-4-5-7(13)2/h7H,3-6H2,1-2H3,(H,11,14). The van der Waals surface area contributed by atoms with Crippen LogP contribution in [-0.2, 0) is 6.54 Å². The summed E-state index contributed by atoms with van der Waals surface area (Å²) in [6, 6.07) is 0.588. The molecule has 1 aliphatic rings. The summed E-state index contributed by atoms with van der Waals surface area (Å²) in [7, 11) is 0. The van der Waals surface area contributed by atoms with Gasteiger partial charge in [0, 0.05) is 19.1 Å². The van der Waals surface area contributed by atoms with Crippen LogP contribution in [0.5, 0.6) is 0 Å². The van der Waals surface area contributed by atoms with Gasteiger partial charge < -0.3 is 4.90 Å². The molecule has 0 amide bonds. The van der Waals surface area contributed by atoms with Crippen LogP contribution in [0, 0.1) is 4.77 Å². The van der Waals surface area contributed by atoms with Gasteiger partial charge in [-0.25, -0.2) is 5.10 Å². The first-order valence-corrected chi connectivity index (χ1v) is 5.56. The lowest BCUT2D eigenvalue weighted by atomic mass is 10.2. The molecule has 78 valence electrons. The number of hydrogen-bond donors (Lipinski definition) is 1. The van der Waals surface area contributed by atoms with Crippen LogP contribution in [0.15, 0.2) is 0 Å². The van der Waals surface area contributed by atoms with Crippen molar-refractivity contribution >= 4 is 18.2 Å². The molecule has 0 saturated carbocycles. The summed E-state index contributed by atoms with van der Waals surface area (Å²) >= 11 is 5.16. The average Bonchev–Trinajstić information content (AvgIpc) is 2.71. The monoisotopic (exact) mass is 212 g/mol. The third-order valence-electron chi connectivity index (χ3n) is 2.86. The molecule has 0 radical (unpaired) electrons. The largest absolute Gasteiger partial charge is 0.338 e. The molecule has 1 unspecified atom stereocenters. The highest BCUT2D eigenvalue weighted by Crippen LogP contribution is 2.23. The van der Waals surface area contributed by atoms with Crippen molar-refractivity contribution in [1.82, 2.24) is 14.8 Å². The lowest BCUT2D eigenvalue weighted by molar-refractivity contribution is 0.669. The van der Waals surface area contributed by atoms with Crippen LogP contribution >= 0.6 is 12.2 Å². The van der Waals surface area contributed by atoms with E-state index in [0.29, 0.717) is 6.04 Å². The van der Waals surface area contributed by atoms with Crippen LogP contribution in [0.3, 0.4) is 0 Å². The second kappa shape index (κ2) is 3.73. The van der Waals surface area contributed by atoms with Crippen molar-refractivity contribution in [1.29, 1.82) is 0 Å². The Kier molecular flexibility index (Phi) is 2.58. The summed E-state index contributed by atoms with van der Waals surface area (Å²) < 4.78 is 2.78. The summed E-state index contributed by atoms with van der Waals surface area (Å²) in [6.45, 7) is 6.31. The third kappa shape index (κ3) is 1.45. The first-order valence-electron chi connectivity index (χ1n) is 5.16. The van der Waals surface area contributed by atoms with Crippen molar-refractivity contribution in [3.05, 3.63) is 4.77 Å². The first kappa shape index (κ1) is 9.71. The molecule has 1 aromatic rings. The number of aromatic amines is 1. The predicted octanol–water partition coefficient (Wildman–Crippen LogP) is 1.95. The molecule has 1 saturated heterocycles. The summed E-state index contributed by atoms with van der Waals surface area (Å²) in [5.74, 6) is 1.00. The number of anilines is 1. The van der Waals surface area contributed by atoms with E-state index in [2.05, 4.69) is 33.5 Å². The fraction of sp³-hybridized carbons (Fsp3) is 0.778. The van der Waals surface area contributed by atoms with E-state index in [1.807, 2.05) is 0 Å². The number of hydrogen-bond acceptors (Lipinski definition) is 3. The molecule has 1 fully saturated rings. The topological polar surface area (TPSA) is 36.9 Å². The van der Waals surface area contributed by atoms with Gasteiger partial charge in [0.25, 0.3) is 0 Å². The van der Waals surface area contributed by atoms with Gasteiger partial charge in [0.1, 0.15) is 0 Å².